The Morgan fingerprint density at radius 1 is 1.03 bits per heavy atom. The van der Waals surface area contributed by atoms with Crippen molar-refractivity contribution in [1.29, 1.82) is 0 Å². The van der Waals surface area contributed by atoms with Crippen molar-refractivity contribution in [2.24, 2.45) is 0 Å². The van der Waals surface area contributed by atoms with E-state index in [0.29, 0.717) is 19.6 Å². The highest BCUT2D eigenvalue weighted by atomic mass is 16.5. The summed E-state index contributed by atoms with van der Waals surface area (Å²) in [5.41, 5.74) is 2.42. The lowest BCUT2D eigenvalue weighted by Gasteiger charge is -2.43. The van der Waals surface area contributed by atoms with Gasteiger partial charge in [-0.1, -0.05) is 49.4 Å². The Morgan fingerprint density at radius 2 is 1.62 bits per heavy atom. The van der Waals surface area contributed by atoms with Crippen LogP contribution >= 0.6 is 0 Å². The van der Waals surface area contributed by atoms with Crippen molar-refractivity contribution < 1.29 is 9.53 Å². The maximum absolute atomic E-state index is 14.1. The molecule has 0 N–H and O–H groups in total. The standard InChI is InChI=1S/C25H34N2O2/c1-6-25(26(4)5,16-21-12-8-7-9-13-21)24(28)22-14-10-11-15-23(22)27-19(2)17-29-18-20(27)3/h7-15,19-20H,6,16-18H2,1-5H3. The number of carbonyl (C=O) groups excluding carboxylic acids is 1. The molecule has 0 saturated carbocycles. The Morgan fingerprint density at radius 3 is 2.21 bits per heavy atom. The van der Waals surface area contributed by atoms with Crippen molar-refractivity contribution in [3.8, 4) is 0 Å². The summed E-state index contributed by atoms with van der Waals surface area (Å²) in [5.74, 6) is 0.190. The van der Waals surface area contributed by atoms with Gasteiger partial charge in [-0.25, -0.2) is 0 Å². The van der Waals surface area contributed by atoms with E-state index in [0.717, 1.165) is 17.7 Å². The molecule has 0 radical (unpaired) electrons. The predicted molar refractivity (Wildman–Crippen MR) is 120 cm³/mol. The second-order valence-electron chi connectivity index (χ2n) is 8.43. The summed E-state index contributed by atoms with van der Waals surface area (Å²) in [5, 5.41) is 0. The second kappa shape index (κ2) is 9.10. The summed E-state index contributed by atoms with van der Waals surface area (Å²) in [7, 11) is 4.04. The first-order chi connectivity index (χ1) is 13.9. The molecule has 1 fully saturated rings. The van der Waals surface area contributed by atoms with Crippen LogP contribution in [0.2, 0.25) is 0 Å². The molecule has 1 saturated heterocycles. The van der Waals surface area contributed by atoms with E-state index < -0.39 is 5.54 Å². The van der Waals surface area contributed by atoms with Gasteiger partial charge < -0.3 is 9.64 Å². The summed E-state index contributed by atoms with van der Waals surface area (Å²) in [6.45, 7) is 7.82. The number of Topliss-reactive ketones (excluding diaryl/α,β-unsaturated/α-hetero) is 1. The number of nitrogens with zero attached hydrogens (tertiary/aromatic N) is 2. The number of benzene rings is 2. The first kappa shape index (κ1) is 21.5. The average Bonchev–Trinajstić information content (AvgIpc) is 2.72. The predicted octanol–water partition coefficient (Wildman–Crippen LogP) is 4.44. The van der Waals surface area contributed by atoms with Gasteiger partial charge in [0.15, 0.2) is 5.78 Å². The number of carbonyl (C=O) groups is 1. The van der Waals surface area contributed by atoms with Gasteiger partial charge >= 0.3 is 0 Å². The monoisotopic (exact) mass is 394 g/mol. The van der Waals surface area contributed by atoms with E-state index in [-0.39, 0.29) is 17.9 Å². The third kappa shape index (κ3) is 4.24. The normalized spacial score (nSPS) is 21.8. The van der Waals surface area contributed by atoms with E-state index in [1.54, 1.807) is 0 Å². The third-order valence-corrected chi connectivity index (χ3v) is 6.30. The van der Waals surface area contributed by atoms with Crippen LogP contribution in [0.3, 0.4) is 0 Å². The molecule has 0 spiro atoms. The number of hydrogen-bond donors (Lipinski definition) is 0. The zero-order chi connectivity index (χ0) is 21.0. The largest absolute Gasteiger partial charge is 0.377 e. The number of likely N-dealkylation sites (N-methyl/N-ethyl adjacent to an activating group) is 1. The number of morpholine rings is 1. The Balaban J connectivity index is 2.05. The maximum atomic E-state index is 14.1. The van der Waals surface area contributed by atoms with Crippen molar-refractivity contribution in [3.63, 3.8) is 0 Å². The number of anilines is 1. The Labute approximate surface area is 175 Å². The summed E-state index contributed by atoms with van der Waals surface area (Å²) < 4.78 is 5.72. The minimum absolute atomic E-state index is 0.190. The Hall–Kier alpha value is -2.17. The van der Waals surface area contributed by atoms with E-state index in [1.165, 1.54) is 5.56 Å². The molecule has 3 atom stereocenters. The zero-order valence-electron chi connectivity index (χ0n) is 18.4. The number of ether oxygens (including phenoxy) is 1. The molecule has 1 aliphatic heterocycles. The van der Waals surface area contributed by atoms with Crippen LogP contribution in [0.15, 0.2) is 54.6 Å². The quantitative estimate of drug-likeness (QED) is 0.650. The van der Waals surface area contributed by atoms with Crippen molar-refractivity contribution in [1.82, 2.24) is 4.90 Å². The smallest absolute Gasteiger partial charge is 0.185 e. The lowest BCUT2D eigenvalue weighted by molar-refractivity contribution is 0.0658. The molecule has 0 aliphatic carbocycles. The van der Waals surface area contributed by atoms with Crippen molar-refractivity contribution in [2.75, 3.05) is 32.2 Å². The van der Waals surface area contributed by atoms with Crippen LogP contribution in [-0.2, 0) is 11.2 Å². The Kier molecular flexibility index (Phi) is 6.76. The molecule has 0 aromatic heterocycles. The molecule has 0 bridgehead atoms. The number of rotatable bonds is 7. The van der Waals surface area contributed by atoms with Gasteiger partial charge in [0, 0.05) is 23.3 Å². The molecule has 4 nitrogen and oxygen atoms in total. The van der Waals surface area contributed by atoms with Gasteiger partial charge in [0.05, 0.1) is 18.8 Å². The topological polar surface area (TPSA) is 32.8 Å². The lowest BCUT2D eigenvalue weighted by Crippen LogP contribution is -2.54. The summed E-state index contributed by atoms with van der Waals surface area (Å²) >= 11 is 0. The van der Waals surface area contributed by atoms with Crippen LogP contribution < -0.4 is 4.90 Å². The van der Waals surface area contributed by atoms with Gasteiger partial charge in [0.25, 0.3) is 0 Å². The van der Waals surface area contributed by atoms with Crippen molar-refractivity contribution in [2.45, 2.75) is 51.2 Å². The van der Waals surface area contributed by atoms with E-state index >= 15 is 0 Å². The van der Waals surface area contributed by atoms with Gasteiger partial charge in [0.1, 0.15) is 0 Å². The second-order valence-corrected chi connectivity index (χ2v) is 8.43. The molecule has 1 aliphatic rings. The molecule has 29 heavy (non-hydrogen) atoms. The average molecular weight is 395 g/mol. The first-order valence-corrected chi connectivity index (χ1v) is 10.6. The maximum Gasteiger partial charge on any atom is 0.185 e. The SMILES string of the molecule is CCC(Cc1ccccc1)(C(=O)c1ccccc1N1C(C)COCC1C)N(C)C. The summed E-state index contributed by atoms with van der Waals surface area (Å²) in [6.07, 6.45) is 1.44. The molecule has 156 valence electrons. The highest BCUT2D eigenvalue weighted by Gasteiger charge is 2.41. The molecule has 0 amide bonds. The fourth-order valence-electron chi connectivity index (χ4n) is 4.60. The third-order valence-electron chi connectivity index (χ3n) is 6.30. The number of para-hydroxylation sites is 1. The van der Waals surface area contributed by atoms with Gasteiger partial charge in [-0.05, 0) is 58.5 Å². The minimum Gasteiger partial charge on any atom is -0.377 e. The lowest BCUT2D eigenvalue weighted by atomic mass is 9.79. The van der Waals surface area contributed by atoms with Crippen molar-refractivity contribution in [3.05, 3.63) is 65.7 Å². The van der Waals surface area contributed by atoms with Crippen LogP contribution in [0.4, 0.5) is 5.69 Å². The van der Waals surface area contributed by atoms with E-state index in [1.807, 2.05) is 50.5 Å². The van der Waals surface area contributed by atoms with Crippen LogP contribution in [0.5, 0.6) is 0 Å². The molecule has 1 heterocycles. The molecule has 3 rings (SSSR count). The van der Waals surface area contributed by atoms with Crippen LogP contribution in [0.25, 0.3) is 0 Å². The van der Waals surface area contributed by atoms with Crippen LogP contribution in [0.1, 0.15) is 43.1 Å². The highest BCUT2D eigenvalue weighted by Crippen LogP contribution is 2.34. The first-order valence-electron chi connectivity index (χ1n) is 10.6. The molecular formula is C25H34N2O2. The number of hydrogen-bond acceptors (Lipinski definition) is 4. The van der Waals surface area contributed by atoms with E-state index in [9.17, 15) is 4.79 Å². The van der Waals surface area contributed by atoms with Crippen LogP contribution in [0, 0.1) is 0 Å². The summed E-state index contributed by atoms with van der Waals surface area (Å²) in [6, 6.07) is 18.9. The molecule has 2 aromatic rings. The molecule has 2 aromatic carbocycles. The van der Waals surface area contributed by atoms with Gasteiger partial charge in [-0.2, -0.15) is 0 Å². The fraction of sp³-hybridized carbons (Fsp3) is 0.480. The van der Waals surface area contributed by atoms with Crippen molar-refractivity contribution >= 4 is 11.5 Å². The minimum atomic E-state index is -0.587. The van der Waals surface area contributed by atoms with Gasteiger partial charge in [-0.3, -0.25) is 9.69 Å². The van der Waals surface area contributed by atoms with Gasteiger partial charge in [0.2, 0.25) is 0 Å². The molecular weight excluding hydrogens is 360 g/mol. The van der Waals surface area contributed by atoms with Crippen LogP contribution in [-0.4, -0.2) is 55.6 Å². The molecule has 3 unspecified atom stereocenters. The number of ketones is 1. The fourth-order valence-corrected chi connectivity index (χ4v) is 4.60. The molecule has 4 heteroatoms. The summed E-state index contributed by atoms with van der Waals surface area (Å²) in [4.78, 5) is 18.6. The van der Waals surface area contributed by atoms with E-state index in [4.69, 9.17) is 4.74 Å². The zero-order valence-corrected chi connectivity index (χ0v) is 18.4. The Bertz CT molecular complexity index is 811. The van der Waals surface area contributed by atoms with E-state index in [2.05, 4.69) is 48.8 Å². The van der Waals surface area contributed by atoms with Gasteiger partial charge in [-0.15, -0.1) is 0 Å². The highest BCUT2D eigenvalue weighted by molar-refractivity contribution is 6.07.